The summed E-state index contributed by atoms with van der Waals surface area (Å²) in [6, 6.07) is 14.7. The van der Waals surface area contributed by atoms with Crippen molar-refractivity contribution in [3.05, 3.63) is 83.7 Å². The summed E-state index contributed by atoms with van der Waals surface area (Å²) in [5.41, 5.74) is 6.21. The van der Waals surface area contributed by atoms with Gasteiger partial charge in [0, 0.05) is 69.6 Å². The number of carboxylic acid groups (broad SMARTS) is 1. The van der Waals surface area contributed by atoms with Gasteiger partial charge in [0.25, 0.3) is 11.8 Å². The van der Waals surface area contributed by atoms with Gasteiger partial charge in [-0.25, -0.2) is 8.78 Å². The first-order valence-electron chi connectivity index (χ1n) is 19.1. The van der Waals surface area contributed by atoms with Crippen LogP contribution in [0, 0.1) is 23.5 Å². The van der Waals surface area contributed by atoms with Crippen LogP contribution in [0.15, 0.2) is 69.7 Å². The molecule has 3 amide bonds. The molecule has 308 valence electrons. The third kappa shape index (κ3) is 13.9. The number of amides is 3. The summed E-state index contributed by atoms with van der Waals surface area (Å²) < 4.78 is 36.2. The largest absolute Gasteiger partial charge is 0.481 e. The molecule has 2 aliphatic rings. The van der Waals surface area contributed by atoms with Crippen molar-refractivity contribution in [3.8, 4) is 22.6 Å². The van der Waals surface area contributed by atoms with Crippen molar-refractivity contribution in [2.24, 2.45) is 17.6 Å². The van der Waals surface area contributed by atoms with Crippen molar-refractivity contribution in [2.45, 2.75) is 38.5 Å². The Kier molecular flexibility index (Phi) is 17.7. The molecule has 0 unspecified atom stereocenters. The number of carbonyl (C=O) groups is 4. The summed E-state index contributed by atoms with van der Waals surface area (Å²) in [4.78, 5) is 50.8. The maximum Gasteiger partial charge on any atom is 0.309 e. The molecule has 0 spiro atoms. The maximum absolute atomic E-state index is 13.0. The molecule has 4 aromatic rings. The van der Waals surface area contributed by atoms with Crippen LogP contribution in [0.25, 0.3) is 22.6 Å². The number of halogens is 2. The van der Waals surface area contributed by atoms with Gasteiger partial charge in [-0.15, -0.1) is 0 Å². The number of aliphatic carboxylic acids is 1. The Morgan fingerprint density at radius 2 is 1.09 bits per heavy atom. The van der Waals surface area contributed by atoms with Crippen LogP contribution in [0.3, 0.4) is 0 Å². The van der Waals surface area contributed by atoms with E-state index in [0.29, 0.717) is 48.8 Å². The summed E-state index contributed by atoms with van der Waals surface area (Å²) in [5, 5.41) is 24.7. The van der Waals surface area contributed by atoms with E-state index < -0.39 is 5.97 Å². The van der Waals surface area contributed by atoms with Gasteiger partial charge in [0.15, 0.2) is 22.9 Å². The Morgan fingerprint density at radius 3 is 1.47 bits per heavy atom. The van der Waals surface area contributed by atoms with Crippen molar-refractivity contribution in [1.29, 1.82) is 0 Å². The molecule has 0 aliphatic carbocycles. The van der Waals surface area contributed by atoms with E-state index in [1.54, 1.807) is 37.4 Å². The Morgan fingerprint density at radius 1 is 0.684 bits per heavy atom. The highest BCUT2D eigenvalue weighted by Crippen LogP contribution is 2.22. The fourth-order valence-corrected chi connectivity index (χ4v) is 6.16. The van der Waals surface area contributed by atoms with E-state index in [4.69, 9.17) is 14.2 Å². The van der Waals surface area contributed by atoms with Crippen LogP contribution in [0.4, 0.5) is 8.78 Å². The van der Waals surface area contributed by atoms with Gasteiger partial charge in [-0.05, 0) is 94.4 Å². The Balaban J connectivity index is 0.000000242. The summed E-state index contributed by atoms with van der Waals surface area (Å²) >= 11 is 0. The van der Waals surface area contributed by atoms with Gasteiger partial charge in [0.1, 0.15) is 11.6 Å². The van der Waals surface area contributed by atoms with Gasteiger partial charge >= 0.3 is 5.97 Å². The summed E-state index contributed by atoms with van der Waals surface area (Å²) in [7, 11) is 3.17. The molecule has 0 saturated carbocycles. The smallest absolute Gasteiger partial charge is 0.309 e. The quantitative estimate of drug-likeness (QED) is 0.0905. The lowest BCUT2D eigenvalue weighted by Crippen LogP contribution is -2.53. The highest BCUT2D eigenvalue weighted by molar-refractivity contribution is 5.93. The molecule has 0 atom stereocenters. The minimum Gasteiger partial charge on any atom is -0.481 e. The average molecular weight is 795 g/mol. The van der Waals surface area contributed by atoms with E-state index in [1.807, 2.05) is 0 Å². The molecule has 0 radical (unpaired) electrons. The number of likely N-dealkylation sites (tertiary alicyclic amines) is 2. The van der Waals surface area contributed by atoms with Gasteiger partial charge in [-0.2, -0.15) is 0 Å². The van der Waals surface area contributed by atoms with Crippen LogP contribution in [0.2, 0.25) is 0 Å². The van der Waals surface area contributed by atoms with E-state index in [0.717, 1.165) is 64.7 Å². The van der Waals surface area contributed by atoms with Crippen molar-refractivity contribution < 1.29 is 42.1 Å². The normalized spacial score (nSPS) is 14.2. The third-order valence-corrected chi connectivity index (χ3v) is 9.50. The van der Waals surface area contributed by atoms with Gasteiger partial charge in [-0.1, -0.05) is 23.2 Å². The second-order valence-electron chi connectivity index (χ2n) is 13.7. The number of benzene rings is 2. The van der Waals surface area contributed by atoms with E-state index in [9.17, 15) is 28.0 Å². The second kappa shape index (κ2) is 22.9. The maximum atomic E-state index is 13.0. The average Bonchev–Trinajstić information content (AvgIpc) is 3.88. The molecule has 2 fully saturated rings. The van der Waals surface area contributed by atoms with Crippen LogP contribution in [0.1, 0.15) is 59.5 Å². The first kappa shape index (κ1) is 44.2. The van der Waals surface area contributed by atoms with Gasteiger partial charge in [-0.3, -0.25) is 19.2 Å². The molecule has 2 aromatic heterocycles. The minimum absolute atomic E-state index is 0.120. The molecule has 4 heterocycles. The predicted octanol–water partition coefficient (Wildman–Crippen LogP) is 4.03. The number of rotatable bonds is 18. The highest BCUT2D eigenvalue weighted by Gasteiger charge is 2.32. The first-order chi connectivity index (χ1) is 27.6. The monoisotopic (exact) mass is 794 g/mol. The van der Waals surface area contributed by atoms with Gasteiger partial charge < -0.3 is 45.6 Å². The van der Waals surface area contributed by atoms with Gasteiger partial charge in [0.2, 0.25) is 5.91 Å². The Labute approximate surface area is 330 Å². The summed E-state index contributed by atoms with van der Waals surface area (Å²) in [5.74, 6) is -1.11. The SMILES string of the molecule is CN.CNC(=O)C1CN(CCCCCNC(=O)c2cc(-c3ccc(F)cc3)on2)C1.O=C(NCCCCCN1CC(C(=O)O)C1)c1cc(-c2ccc(F)cc2)on1. The van der Waals surface area contributed by atoms with E-state index in [2.05, 4.69) is 41.8 Å². The van der Waals surface area contributed by atoms with Crippen LogP contribution in [0.5, 0.6) is 0 Å². The van der Waals surface area contributed by atoms with Gasteiger partial charge in [0.05, 0.1) is 11.8 Å². The minimum atomic E-state index is -0.718. The highest BCUT2D eigenvalue weighted by atomic mass is 19.1. The zero-order valence-corrected chi connectivity index (χ0v) is 32.3. The molecule has 17 heteroatoms. The lowest BCUT2D eigenvalue weighted by atomic mass is 9.99. The molecule has 15 nitrogen and oxygen atoms in total. The standard InChI is InChI=1S/C20H25FN4O3.C19H22FN3O4.CH5N/c1-22-19(26)15-12-25(13-15)10-4-2-3-9-23-20(27)17-11-18(28-24-17)14-5-7-16(21)8-6-14;20-15-6-4-13(5-7-15)17-10-16(22-27-17)18(24)21-8-2-1-3-9-23-11-14(12-23)19(25)26;1-2/h5-8,11,15H,2-4,9-10,12-13H2,1H3,(H,22,26)(H,23,27);4-7,10,14H,1-3,8-9,11-12H2,(H,21,24)(H,25,26);2H2,1H3. The topological polar surface area (TPSA) is 209 Å². The van der Waals surface area contributed by atoms with Crippen molar-refractivity contribution in [3.63, 3.8) is 0 Å². The fourth-order valence-electron chi connectivity index (χ4n) is 6.16. The molecule has 0 bridgehead atoms. The number of nitrogens with two attached hydrogens (primary N) is 1. The van der Waals surface area contributed by atoms with Crippen molar-refractivity contribution in [2.75, 3.05) is 66.5 Å². The molecular formula is C40H52F2N8O7. The second-order valence-corrected chi connectivity index (χ2v) is 13.7. The first-order valence-corrected chi connectivity index (χ1v) is 19.1. The van der Waals surface area contributed by atoms with Crippen molar-refractivity contribution in [1.82, 2.24) is 36.1 Å². The molecule has 2 saturated heterocycles. The van der Waals surface area contributed by atoms with E-state index in [-0.39, 0.29) is 52.6 Å². The molecular weight excluding hydrogens is 742 g/mol. The van der Waals surface area contributed by atoms with Crippen LogP contribution >= 0.6 is 0 Å². The molecule has 57 heavy (non-hydrogen) atoms. The molecule has 6 N–H and O–H groups in total. The lowest BCUT2D eigenvalue weighted by molar-refractivity contribution is -0.147. The number of nitrogens with one attached hydrogen (secondary N) is 3. The number of unbranched alkanes of at least 4 members (excludes halogenated alkanes) is 4. The van der Waals surface area contributed by atoms with Crippen LogP contribution < -0.4 is 21.7 Å². The van der Waals surface area contributed by atoms with E-state index in [1.165, 1.54) is 37.4 Å². The number of nitrogens with zero attached hydrogens (tertiary/aromatic N) is 4. The fraction of sp³-hybridized carbons (Fsp3) is 0.450. The number of hydrogen-bond donors (Lipinski definition) is 5. The third-order valence-electron chi connectivity index (χ3n) is 9.50. The Bertz CT molecular complexity index is 1860. The molecule has 2 aliphatic heterocycles. The molecule has 2 aromatic carbocycles. The lowest BCUT2D eigenvalue weighted by Gasteiger charge is -2.37. The summed E-state index contributed by atoms with van der Waals surface area (Å²) in [6.07, 6.45) is 5.68. The number of hydrogen-bond acceptors (Lipinski definition) is 11. The molecule has 6 rings (SSSR count). The van der Waals surface area contributed by atoms with Crippen molar-refractivity contribution >= 4 is 23.7 Å². The number of carboxylic acids is 1. The summed E-state index contributed by atoms with van der Waals surface area (Å²) in [6.45, 7) is 5.91. The van der Waals surface area contributed by atoms with Crippen LogP contribution in [-0.4, -0.2) is 115 Å². The predicted molar refractivity (Wildman–Crippen MR) is 208 cm³/mol. The van der Waals surface area contributed by atoms with Crippen LogP contribution in [-0.2, 0) is 9.59 Å². The Hall–Kier alpha value is -5.52. The zero-order valence-electron chi connectivity index (χ0n) is 32.3. The number of carbonyl (C=O) groups excluding carboxylic acids is 3. The zero-order chi connectivity index (χ0) is 41.2. The van der Waals surface area contributed by atoms with E-state index >= 15 is 0 Å². The number of aromatic nitrogens is 2.